The molecule has 12 heteroatoms. The molecule has 3 rings (SSSR count). The van der Waals surface area contributed by atoms with Crippen LogP contribution in [0.5, 0.6) is 0 Å². The number of carbonyl (C=O) groups is 3. The number of furan rings is 1. The van der Waals surface area contributed by atoms with Crippen LogP contribution >= 0.6 is 0 Å². The average molecular weight is 480 g/mol. The Balaban J connectivity index is 1.58. The number of imide groups is 1. The molecule has 0 spiro atoms. The molecule has 1 aliphatic rings. The number of aliphatic hydroxyl groups is 1. The van der Waals surface area contributed by atoms with Crippen LogP contribution in [-0.2, 0) is 30.9 Å². The van der Waals surface area contributed by atoms with Crippen LogP contribution < -0.4 is 10.6 Å². The average Bonchev–Trinajstić information content (AvgIpc) is 3.42. The van der Waals surface area contributed by atoms with Crippen molar-refractivity contribution < 1.29 is 37.1 Å². The summed E-state index contributed by atoms with van der Waals surface area (Å²) in [7, 11) is -4.09. The van der Waals surface area contributed by atoms with Crippen molar-refractivity contribution in [2.24, 2.45) is 0 Å². The summed E-state index contributed by atoms with van der Waals surface area (Å²) in [6, 6.07) is 5.74. The van der Waals surface area contributed by atoms with Crippen LogP contribution in [0.1, 0.15) is 23.3 Å². The molecule has 178 valence electrons. The van der Waals surface area contributed by atoms with E-state index >= 15 is 0 Å². The standard InChI is InChI=1S/C21H25N3O8S/c1-13-5-6-17(8-14(13)2)33(29,30)24-11-15(25)9-18(24)20(27)32-12-19(26)23-21(28)22-10-16-4-3-7-31-16/h3-8,15,18,25H,9-12H2,1-2H3,(H2,22,23,26,28)/t15?,18-/m0/s1. The molecule has 0 saturated carbocycles. The fraction of sp³-hybridized carbons (Fsp3) is 0.381. The Bertz CT molecular complexity index is 1130. The number of amides is 3. The van der Waals surface area contributed by atoms with E-state index in [1.807, 2.05) is 12.2 Å². The number of hydrogen-bond acceptors (Lipinski definition) is 8. The van der Waals surface area contributed by atoms with Crippen LogP contribution in [0, 0.1) is 13.8 Å². The van der Waals surface area contributed by atoms with Gasteiger partial charge in [0.05, 0.1) is 23.8 Å². The van der Waals surface area contributed by atoms with Crippen molar-refractivity contribution in [3.8, 4) is 0 Å². The molecule has 0 bridgehead atoms. The highest BCUT2D eigenvalue weighted by Gasteiger charge is 2.44. The van der Waals surface area contributed by atoms with Gasteiger partial charge in [-0.3, -0.25) is 14.9 Å². The summed E-state index contributed by atoms with van der Waals surface area (Å²) < 4.78 is 37.0. The number of aliphatic hydroxyl groups excluding tert-OH is 1. The summed E-state index contributed by atoms with van der Waals surface area (Å²) in [5.74, 6) is -1.42. The van der Waals surface area contributed by atoms with E-state index in [0.717, 1.165) is 15.4 Å². The number of nitrogens with one attached hydrogen (secondary N) is 2. The van der Waals surface area contributed by atoms with Crippen LogP contribution in [0.4, 0.5) is 4.79 Å². The number of carbonyl (C=O) groups excluding carboxylic acids is 3. The molecule has 1 aliphatic heterocycles. The predicted molar refractivity (Wildman–Crippen MR) is 114 cm³/mol. The molecule has 1 aromatic carbocycles. The van der Waals surface area contributed by atoms with E-state index in [1.165, 1.54) is 18.4 Å². The van der Waals surface area contributed by atoms with Crippen LogP contribution in [0.25, 0.3) is 0 Å². The van der Waals surface area contributed by atoms with E-state index in [2.05, 4.69) is 5.32 Å². The lowest BCUT2D eigenvalue weighted by Crippen LogP contribution is -2.44. The Morgan fingerprint density at radius 2 is 1.97 bits per heavy atom. The molecule has 11 nitrogen and oxygen atoms in total. The normalized spacial score (nSPS) is 18.6. The third-order valence-corrected chi connectivity index (χ3v) is 7.06. The summed E-state index contributed by atoms with van der Waals surface area (Å²) in [5, 5.41) is 14.4. The van der Waals surface area contributed by atoms with Gasteiger partial charge in [-0.2, -0.15) is 4.31 Å². The Morgan fingerprint density at radius 3 is 2.64 bits per heavy atom. The van der Waals surface area contributed by atoms with E-state index in [1.54, 1.807) is 25.1 Å². The summed E-state index contributed by atoms with van der Waals surface area (Å²) in [5.41, 5.74) is 1.67. The molecule has 0 radical (unpaired) electrons. The van der Waals surface area contributed by atoms with Gasteiger partial charge in [-0.25, -0.2) is 13.2 Å². The fourth-order valence-electron chi connectivity index (χ4n) is 3.29. The Labute approximate surface area is 190 Å². The topological polar surface area (TPSA) is 155 Å². The van der Waals surface area contributed by atoms with Crippen molar-refractivity contribution >= 4 is 27.9 Å². The fourth-order valence-corrected chi connectivity index (χ4v) is 5.01. The molecule has 2 atom stereocenters. The Morgan fingerprint density at radius 1 is 1.21 bits per heavy atom. The van der Waals surface area contributed by atoms with Crippen LogP contribution in [0.15, 0.2) is 45.9 Å². The first-order valence-electron chi connectivity index (χ1n) is 10.1. The molecule has 0 aliphatic carbocycles. The number of esters is 1. The minimum atomic E-state index is -4.09. The van der Waals surface area contributed by atoms with Crippen molar-refractivity contribution in [1.82, 2.24) is 14.9 Å². The van der Waals surface area contributed by atoms with E-state index in [0.29, 0.717) is 5.76 Å². The van der Waals surface area contributed by atoms with Crippen molar-refractivity contribution in [1.29, 1.82) is 0 Å². The molecular weight excluding hydrogens is 454 g/mol. The van der Waals surface area contributed by atoms with Crippen LogP contribution in [-0.4, -0.2) is 61.0 Å². The van der Waals surface area contributed by atoms with Gasteiger partial charge in [0.15, 0.2) is 6.61 Å². The second kappa shape index (κ2) is 10.1. The Hall–Kier alpha value is -3.22. The molecule has 1 saturated heterocycles. The SMILES string of the molecule is Cc1ccc(S(=O)(=O)N2CC(O)C[C@H]2C(=O)OCC(=O)NC(=O)NCc2ccco2)cc1C. The van der Waals surface area contributed by atoms with Gasteiger partial charge in [-0.1, -0.05) is 6.07 Å². The minimum absolute atomic E-state index is 0.0107. The van der Waals surface area contributed by atoms with Crippen molar-refractivity contribution in [2.75, 3.05) is 13.2 Å². The summed E-state index contributed by atoms with van der Waals surface area (Å²) in [6.07, 6.45) is 0.196. The number of rotatable bonds is 7. The van der Waals surface area contributed by atoms with E-state index in [9.17, 15) is 27.9 Å². The quantitative estimate of drug-likeness (QED) is 0.487. The van der Waals surface area contributed by atoms with Gasteiger partial charge in [0.2, 0.25) is 10.0 Å². The number of sulfonamides is 1. The lowest BCUT2D eigenvalue weighted by atomic mass is 10.1. The van der Waals surface area contributed by atoms with Gasteiger partial charge in [-0.05, 0) is 49.2 Å². The maximum absolute atomic E-state index is 13.1. The van der Waals surface area contributed by atoms with Gasteiger partial charge in [-0.15, -0.1) is 0 Å². The first-order chi connectivity index (χ1) is 15.6. The third-order valence-electron chi connectivity index (χ3n) is 5.19. The molecule has 2 heterocycles. The molecule has 3 N–H and O–H groups in total. The first kappa shape index (κ1) is 24.4. The smallest absolute Gasteiger partial charge is 0.325 e. The molecule has 33 heavy (non-hydrogen) atoms. The summed E-state index contributed by atoms with van der Waals surface area (Å²) in [4.78, 5) is 36.2. The number of nitrogens with zero attached hydrogens (tertiary/aromatic N) is 1. The van der Waals surface area contributed by atoms with E-state index < -0.39 is 46.7 Å². The summed E-state index contributed by atoms with van der Waals surface area (Å²) in [6.45, 7) is 2.58. The van der Waals surface area contributed by atoms with Crippen LogP contribution in [0.3, 0.4) is 0 Å². The lowest BCUT2D eigenvalue weighted by Gasteiger charge is -2.22. The zero-order valence-electron chi connectivity index (χ0n) is 18.1. The minimum Gasteiger partial charge on any atom is -0.467 e. The number of aryl methyl sites for hydroxylation is 2. The van der Waals surface area contributed by atoms with Gasteiger partial charge in [0.1, 0.15) is 11.8 Å². The molecule has 1 fully saturated rings. The zero-order chi connectivity index (χ0) is 24.2. The number of urea groups is 1. The monoisotopic (exact) mass is 479 g/mol. The number of benzene rings is 1. The highest BCUT2D eigenvalue weighted by atomic mass is 32.2. The second-order valence-corrected chi connectivity index (χ2v) is 9.53. The molecule has 1 aromatic heterocycles. The highest BCUT2D eigenvalue weighted by molar-refractivity contribution is 7.89. The highest BCUT2D eigenvalue weighted by Crippen LogP contribution is 2.28. The number of ether oxygens (including phenoxy) is 1. The number of hydrogen-bond donors (Lipinski definition) is 3. The molecule has 2 aromatic rings. The van der Waals surface area contributed by atoms with E-state index in [4.69, 9.17) is 9.15 Å². The van der Waals surface area contributed by atoms with Crippen molar-refractivity contribution in [3.63, 3.8) is 0 Å². The van der Waals surface area contributed by atoms with Crippen LogP contribution in [0.2, 0.25) is 0 Å². The largest absolute Gasteiger partial charge is 0.467 e. The lowest BCUT2D eigenvalue weighted by molar-refractivity contribution is -0.151. The molecular formula is C21H25N3O8S. The molecule has 1 unspecified atom stereocenters. The second-order valence-electron chi connectivity index (χ2n) is 7.64. The van der Waals surface area contributed by atoms with Gasteiger partial charge in [0.25, 0.3) is 5.91 Å². The predicted octanol–water partition coefficient (Wildman–Crippen LogP) is 0.590. The van der Waals surface area contributed by atoms with Gasteiger partial charge in [0, 0.05) is 13.0 Å². The summed E-state index contributed by atoms with van der Waals surface area (Å²) >= 11 is 0. The maximum atomic E-state index is 13.1. The van der Waals surface area contributed by atoms with Crippen molar-refractivity contribution in [3.05, 3.63) is 53.5 Å². The van der Waals surface area contributed by atoms with E-state index in [-0.39, 0.29) is 24.4 Å². The number of β-amino-alcohol motifs (C(OH)–C–C–N with tert-alkyl or cyclic N) is 1. The first-order valence-corrected chi connectivity index (χ1v) is 11.6. The van der Waals surface area contributed by atoms with Gasteiger partial charge >= 0.3 is 12.0 Å². The van der Waals surface area contributed by atoms with Gasteiger partial charge < -0.3 is 19.6 Å². The Kier molecular flexibility index (Phi) is 7.51. The third kappa shape index (κ3) is 5.97. The zero-order valence-corrected chi connectivity index (χ0v) is 18.9. The van der Waals surface area contributed by atoms with Crippen molar-refractivity contribution in [2.45, 2.75) is 43.9 Å². The molecule has 3 amide bonds. The maximum Gasteiger partial charge on any atom is 0.325 e.